The van der Waals surface area contributed by atoms with Gasteiger partial charge in [0, 0.05) is 37.6 Å². The SMILES string of the molecule is C=C(NC(=O)c1csc(N2CCC(NC(=O)OC(C)(C)C)CC2)n1)C(=O)NC(=C)C(=O)N1CCCCC1. The summed E-state index contributed by atoms with van der Waals surface area (Å²) in [5, 5.41) is 10.0. The maximum atomic E-state index is 12.6. The van der Waals surface area contributed by atoms with E-state index >= 15 is 0 Å². The van der Waals surface area contributed by atoms with E-state index in [0.717, 1.165) is 32.1 Å². The van der Waals surface area contributed by atoms with E-state index in [2.05, 4.69) is 34.1 Å². The summed E-state index contributed by atoms with van der Waals surface area (Å²) in [4.78, 5) is 57.6. The van der Waals surface area contributed by atoms with Crippen molar-refractivity contribution in [3.8, 4) is 0 Å². The summed E-state index contributed by atoms with van der Waals surface area (Å²) in [6, 6.07) is 0.00668. The summed E-state index contributed by atoms with van der Waals surface area (Å²) in [7, 11) is 0. The fourth-order valence-corrected chi connectivity index (χ4v) is 4.87. The number of hydrogen-bond donors (Lipinski definition) is 3. The number of piperidine rings is 2. The lowest BCUT2D eigenvalue weighted by Crippen LogP contribution is -2.46. The van der Waals surface area contributed by atoms with Gasteiger partial charge in [0.15, 0.2) is 5.13 Å². The minimum atomic E-state index is -0.710. The zero-order valence-electron chi connectivity index (χ0n) is 21.7. The van der Waals surface area contributed by atoms with Crippen molar-refractivity contribution in [1.29, 1.82) is 0 Å². The second-order valence-electron chi connectivity index (χ2n) is 10.1. The highest BCUT2D eigenvalue weighted by Gasteiger charge is 2.26. The smallest absolute Gasteiger partial charge is 0.407 e. The van der Waals surface area contributed by atoms with Crippen molar-refractivity contribution in [3.05, 3.63) is 35.6 Å². The molecule has 37 heavy (non-hydrogen) atoms. The standard InChI is InChI=1S/C25H36N6O5S/c1-16(20(32)27-17(2)22(34)30-11-7-6-8-12-30)26-21(33)19-15-37-23(29-19)31-13-9-18(10-14-31)28-24(35)36-25(3,4)5/h15,18H,1-2,6-14H2,3-5H3,(H,26,33)(H,27,32)(H,28,35). The van der Waals surface area contributed by atoms with Gasteiger partial charge in [0.2, 0.25) is 0 Å². The monoisotopic (exact) mass is 532 g/mol. The van der Waals surface area contributed by atoms with E-state index in [1.165, 1.54) is 11.3 Å². The first-order chi connectivity index (χ1) is 17.4. The number of carbonyl (C=O) groups excluding carboxylic acids is 4. The van der Waals surface area contributed by atoms with Gasteiger partial charge in [-0.3, -0.25) is 14.4 Å². The van der Waals surface area contributed by atoms with Crippen molar-refractivity contribution in [3.63, 3.8) is 0 Å². The molecule has 202 valence electrons. The van der Waals surface area contributed by atoms with E-state index in [9.17, 15) is 19.2 Å². The number of nitrogens with one attached hydrogen (secondary N) is 3. The van der Waals surface area contributed by atoms with Gasteiger partial charge in [-0.2, -0.15) is 0 Å². The third-order valence-corrected chi connectivity index (χ3v) is 6.82. The number of rotatable bonds is 7. The number of ether oxygens (including phenoxy) is 1. The minimum absolute atomic E-state index is 0.00668. The molecule has 0 bridgehead atoms. The molecule has 2 aliphatic rings. The van der Waals surface area contributed by atoms with Gasteiger partial charge in [-0.05, 0) is 52.9 Å². The zero-order valence-corrected chi connectivity index (χ0v) is 22.5. The Balaban J connectivity index is 1.45. The lowest BCUT2D eigenvalue weighted by molar-refractivity contribution is -0.129. The Hall–Kier alpha value is -3.41. The first kappa shape index (κ1) is 28.2. The molecule has 0 unspecified atom stereocenters. The molecule has 1 aromatic rings. The zero-order chi connectivity index (χ0) is 27.2. The molecule has 11 nitrogen and oxygen atoms in total. The molecule has 2 fully saturated rings. The summed E-state index contributed by atoms with van der Waals surface area (Å²) >= 11 is 1.32. The van der Waals surface area contributed by atoms with E-state index in [1.54, 1.807) is 10.3 Å². The van der Waals surface area contributed by atoms with Crippen LogP contribution in [0.4, 0.5) is 9.93 Å². The van der Waals surface area contributed by atoms with Crippen LogP contribution < -0.4 is 20.9 Å². The average molecular weight is 533 g/mol. The Kier molecular flexibility index (Phi) is 9.30. The van der Waals surface area contributed by atoms with Crippen LogP contribution in [-0.2, 0) is 14.3 Å². The number of aromatic nitrogens is 1. The van der Waals surface area contributed by atoms with Crippen molar-refractivity contribution < 1.29 is 23.9 Å². The van der Waals surface area contributed by atoms with Gasteiger partial charge in [0.1, 0.15) is 11.3 Å². The molecule has 0 saturated carbocycles. The quantitative estimate of drug-likeness (QED) is 0.460. The summed E-state index contributed by atoms with van der Waals surface area (Å²) in [6.07, 6.45) is 3.93. The fourth-order valence-electron chi connectivity index (χ4n) is 4.01. The third kappa shape index (κ3) is 8.31. The number of anilines is 1. The number of nitrogens with zero attached hydrogens (tertiary/aromatic N) is 3. The Morgan fingerprint density at radius 2 is 1.65 bits per heavy atom. The molecule has 2 aliphatic heterocycles. The largest absolute Gasteiger partial charge is 0.444 e. The maximum absolute atomic E-state index is 12.6. The minimum Gasteiger partial charge on any atom is -0.444 e. The van der Waals surface area contributed by atoms with E-state index < -0.39 is 23.5 Å². The average Bonchev–Trinajstić information content (AvgIpc) is 3.34. The number of thiazole rings is 1. The molecule has 0 radical (unpaired) electrons. The topological polar surface area (TPSA) is 133 Å². The number of hydrogen-bond acceptors (Lipinski definition) is 8. The lowest BCUT2D eigenvalue weighted by Gasteiger charge is -2.32. The molecular formula is C25H36N6O5S. The van der Waals surface area contributed by atoms with Crippen LogP contribution in [-0.4, -0.2) is 71.5 Å². The summed E-state index contributed by atoms with van der Waals surface area (Å²) in [6.45, 7) is 15.3. The van der Waals surface area contributed by atoms with Gasteiger partial charge in [-0.1, -0.05) is 13.2 Å². The van der Waals surface area contributed by atoms with E-state index in [1.807, 2.05) is 25.7 Å². The Labute approximate surface area is 221 Å². The molecule has 12 heteroatoms. The van der Waals surface area contributed by atoms with Gasteiger partial charge < -0.3 is 30.5 Å². The lowest BCUT2D eigenvalue weighted by atomic mass is 10.1. The highest BCUT2D eigenvalue weighted by atomic mass is 32.1. The van der Waals surface area contributed by atoms with Crippen molar-refractivity contribution in [2.45, 2.75) is 64.5 Å². The van der Waals surface area contributed by atoms with E-state index in [0.29, 0.717) is 31.3 Å². The normalized spacial score (nSPS) is 16.5. The van der Waals surface area contributed by atoms with Crippen LogP contribution >= 0.6 is 11.3 Å². The third-order valence-electron chi connectivity index (χ3n) is 5.92. The molecule has 4 amide bonds. The molecule has 0 aliphatic carbocycles. The number of amides is 4. The summed E-state index contributed by atoms with van der Waals surface area (Å²) < 4.78 is 5.31. The summed E-state index contributed by atoms with van der Waals surface area (Å²) in [5.74, 6) is -1.61. The van der Waals surface area contributed by atoms with Crippen molar-refractivity contribution >= 4 is 40.3 Å². The molecule has 3 N–H and O–H groups in total. The molecule has 0 aromatic carbocycles. The van der Waals surface area contributed by atoms with Crippen LogP contribution in [0.25, 0.3) is 0 Å². The predicted octanol–water partition coefficient (Wildman–Crippen LogP) is 2.52. The molecule has 0 spiro atoms. The van der Waals surface area contributed by atoms with Gasteiger partial charge in [0.25, 0.3) is 17.7 Å². The molecule has 2 saturated heterocycles. The van der Waals surface area contributed by atoms with Crippen LogP contribution in [0.5, 0.6) is 0 Å². The molecular weight excluding hydrogens is 496 g/mol. The van der Waals surface area contributed by atoms with Crippen LogP contribution in [0.3, 0.4) is 0 Å². The second-order valence-corrected chi connectivity index (χ2v) is 11.0. The first-order valence-corrected chi connectivity index (χ1v) is 13.3. The van der Waals surface area contributed by atoms with Crippen LogP contribution in [0.2, 0.25) is 0 Å². The van der Waals surface area contributed by atoms with Crippen molar-refractivity contribution in [1.82, 2.24) is 25.8 Å². The Morgan fingerprint density at radius 3 is 2.27 bits per heavy atom. The molecule has 3 rings (SSSR count). The highest BCUT2D eigenvalue weighted by molar-refractivity contribution is 7.13. The number of alkyl carbamates (subject to hydrolysis) is 1. The Bertz CT molecular complexity index is 1050. The maximum Gasteiger partial charge on any atom is 0.407 e. The van der Waals surface area contributed by atoms with Crippen LogP contribution in [0, 0.1) is 0 Å². The van der Waals surface area contributed by atoms with Gasteiger partial charge in [-0.15, -0.1) is 11.3 Å². The van der Waals surface area contributed by atoms with Crippen molar-refractivity contribution in [2.24, 2.45) is 0 Å². The first-order valence-electron chi connectivity index (χ1n) is 12.4. The summed E-state index contributed by atoms with van der Waals surface area (Å²) in [5.41, 5.74) is -0.650. The van der Waals surface area contributed by atoms with Crippen LogP contribution in [0.15, 0.2) is 29.9 Å². The Morgan fingerprint density at radius 1 is 1.00 bits per heavy atom. The second kappa shape index (κ2) is 12.2. The molecule has 1 aromatic heterocycles. The number of carbonyl (C=O) groups is 4. The van der Waals surface area contributed by atoms with Crippen molar-refractivity contribution in [2.75, 3.05) is 31.1 Å². The fraction of sp³-hybridized carbons (Fsp3) is 0.560. The van der Waals surface area contributed by atoms with Gasteiger partial charge in [-0.25, -0.2) is 9.78 Å². The van der Waals surface area contributed by atoms with Crippen LogP contribution in [0.1, 0.15) is 63.4 Å². The number of likely N-dealkylation sites (tertiary alicyclic amines) is 1. The highest BCUT2D eigenvalue weighted by Crippen LogP contribution is 2.24. The molecule has 0 atom stereocenters. The van der Waals surface area contributed by atoms with Gasteiger partial charge >= 0.3 is 6.09 Å². The van der Waals surface area contributed by atoms with E-state index in [-0.39, 0.29) is 29.0 Å². The molecule has 3 heterocycles. The van der Waals surface area contributed by atoms with E-state index in [4.69, 9.17) is 4.74 Å². The van der Waals surface area contributed by atoms with Gasteiger partial charge in [0.05, 0.1) is 11.4 Å². The predicted molar refractivity (Wildman–Crippen MR) is 141 cm³/mol.